The molecule has 1 saturated heterocycles. The lowest BCUT2D eigenvalue weighted by Gasteiger charge is -2.26. The van der Waals surface area contributed by atoms with Crippen LogP contribution >= 0.6 is 0 Å². The summed E-state index contributed by atoms with van der Waals surface area (Å²) in [5.74, 6) is 0.156. The largest absolute Gasteiger partial charge is 0.323 e. The molecule has 12 heavy (non-hydrogen) atoms. The SMILES string of the molecule is CC(=O)CC1(N)CNCCNC1. The molecule has 0 aromatic carbocycles. The Morgan fingerprint density at radius 3 is 2.33 bits per heavy atom. The minimum Gasteiger partial charge on any atom is -0.323 e. The molecule has 0 spiro atoms. The molecule has 0 saturated carbocycles. The minimum atomic E-state index is -0.387. The van der Waals surface area contributed by atoms with E-state index in [-0.39, 0.29) is 11.3 Å². The van der Waals surface area contributed by atoms with Gasteiger partial charge in [0.15, 0.2) is 0 Å². The first kappa shape index (κ1) is 9.64. The van der Waals surface area contributed by atoms with Gasteiger partial charge in [-0.3, -0.25) is 4.79 Å². The first-order valence-electron chi connectivity index (χ1n) is 4.32. The Morgan fingerprint density at radius 1 is 1.42 bits per heavy atom. The number of carbonyl (C=O) groups is 1. The summed E-state index contributed by atoms with van der Waals surface area (Å²) in [6, 6.07) is 0. The monoisotopic (exact) mass is 171 g/mol. The van der Waals surface area contributed by atoms with E-state index in [1.165, 1.54) is 0 Å². The fraction of sp³-hybridized carbons (Fsp3) is 0.875. The Hall–Kier alpha value is -0.450. The van der Waals surface area contributed by atoms with Crippen LogP contribution in [0.2, 0.25) is 0 Å². The predicted octanol–water partition coefficient (Wildman–Crippen LogP) is -1.14. The van der Waals surface area contributed by atoms with Gasteiger partial charge in [0.1, 0.15) is 5.78 Å². The molecular formula is C8H17N3O. The zero-order valence-electron chi connectivity index (χ0n) is 7.52. The maximum Gasteiger partial charge on any atom is 0.131 e. The van der Waals surface area contributed by atoms with E-state index in [9.17, 15) is 4.79 Å². The van der Waals surface area contributed by atoms with Gasteiger partial charge in [0, 0.05) is 38.1 Å². The van der Waals surface area contributed by atoms with Gasteiger partial charge in [-0.1, -0.05) is 0 Å². The van der Waals surface area contributed by atoms with Crippen molar-refractivity contribution in [2.45, 2.75) is 18.9 Å². The van der Waals surface area contributed by atoms with Crippen molar-refractivity contribution in [3.63, 3.8) is 0 Å². The molecule has 4 N–H and O–H groups in total. The average Bonchev–Trinajstić information content (AvgIpc) is 2.12. The van der Waals surface area contributed by atoms with Crippen LogP contribution in [0.5, 0.6) is 0 Å². The first-order chi connectivity index (χ1) is 5.62. The van der Waals surface area contributed by atoms with Crippen LogP contribution in [0, 0.1) is 0 Å². The molecule has 70 valence electrons. The number of hydrogen-bond donors (Lipinski definition) is 3. The van der Waals surface area contributed by atoms with E-state index in [0.29, 0.717) is 6.42 Å². The van der Waals surface area contributed by atoms with Gasteiger partial charge in [-0.15, -0.1) is 0 Å². The fourth-order valence-corrected chi connectivity index (χ4v) is 1.53. The van der Waals surface area contributed by atoms with Crippen molar-refractivity contribution < 1.29 is 4.79 Å². The van der Waals surface area contributed by atoms with Crippen LogP contribution in [0.3, 0.4) is 0 Å². The molecule has 1 aliphatic heterocycles. The molecule has 0 bridgehead atoms. The summed E-state index contributed by atoms with van der Waals surface area (Å²) in [5.41, 5.74) is 5.63. The number of nitrogens with two attached hydrogens (primary N) is 1. The Morgan fingerprint density at radius 2 is 1.92 bits per heavy atom. The van der Waals surface area contributed by atoms with Crippen LogP contribution in [-0.2, 0) is 4.79 Å². The highest BCUT2D eigenvalue weighted by atomic mass is 16.1. The fourth-order valence-electron chi connectivity index (χ4n) is 1.53. The van der Waals surface area contributed by atoms with Crippen molar-refractivity contribution in [3.8, 4) is 0 Å². The quantitative estimate of drug-likeness (QED) is 0.491. The summed E-state index contributed by atoms with van der Waals surface area (Å²) >= 11 is 0. The summed E-state index contributed by atoms with van der Waals surface area (Å²) in [6.07, 6.45) is 0.451. The maximum absolute atomic E-state index is 10.9. The summed E-state index contributed by atoms with van der Waals surface area (Å²) < 4.78 is 0. The lowest BCUT2D eigenvalue weighted by Crippen LogP contribution is -2.53. The number of rotatable bonds is 2. The van der Waals surface area contributed by atoms with Crippen LogP contribution in [0.4, 0.5) is 0 Å². The third-order valence-corrected chi connectivity index (χ3v) is 2.03. The molecule has 1 fully saturated rings. The highest BCUT2D eigenvalue weighted by molar-refractivity contribution is 5.76. The van der Waals surface area contributed by atoms with Crippen LogP contribution < -0.4 is 16.4 Å². The minimum absolute atomic E-state index is 0.156. The second-order valence-electron chi connectivity index (χ2n) is 3.59. The maximum atomic E-state index is 10.9. The summed E-state index contributed by atoms with van der Waals surface area (Å²) in [5, 5.41) is 6.41. The van der Waals surface area contributed by atoms with Crippen LogP contribution in [0.25, 0.3) is 0 Å². The van der Waals surface area contributed by atoms with E-state index in [1.54, 1.807) is 6.92 Å². The van der Waals surface area contributed by atoms with Crippen molar-refractivity contribution in [2.75, 3.05) is 26.2 Å². The Labute approximate surface area is 72.9 Å². The van der Waals surface area contributed by atoms with Gasteiger partial charge in [-0.25, -0.2) is 0 Å². The highest BCUT2D eigenvalue weighted by Crippen LogP contribution is 2.06. The van der Waals surface area contributed by atoms with Gasteiger partial charge in [-0.05, 0) is 6.92 Å². The highest BCUT2D eigenvalue weighted by Gasteiger charge is 2.27. The van der Waals surface area contributed by atoms with E-state index in [1.807, 2.05) is 0 Å². The molecule has 1 aliphatic rings. The molecule has 0 radical (unpaired) electrons. The number of ketones is 1. The Bertz CT molecular complexity index is 162. The van der Waals surface area contributed by atoms with Gasteiger partial charge in [-0.2, -0.15) is 0 Å². The molecule has 0 unspecified atom stereocenters. The molecule has 4 nitrogen and oxygen atoms in total. The number of hydrogen-bond acceptors (Lipinski definition) is 4. The Kier molecular flexibility index (Phi) is 3.20. The topological polar surface area (TPSA) is 67.2 Å². The molecule has 4 heteroatoms. The van der Waals surface area contributed by atoms with E-state index >= 15 is 0 Å². The van der Waals surface area contributed by atoms with Crippen molar-refractivity contribution >= 4 is 5.78 Å². The van der Waals surface area contributed by atoms with E-state index in [2.05, 4.69) is 10.6 Å². The molecule has 0 atom stereocenters. The zero-order valence-corrected chi connectivity index (χ0v) is 7.52. The number of Topliss-reactive ketones (excluding diaryl/α,β-unsaturated/α-hetero) is 1. The van der Waals surface area contributed by atoms with Crippen molar-refractivity contribution in [1.82, 2.24) is 10.6 Å². The van der Waals surface area contributed by atoms with Gasteiger partial charge >= 0.3 is 0 Å². The first-order valence-corrected chi connectivity index (χ1v) is 4.32. The molecule has 0 aliphatic carbocycles. The lowest BCUT2D eigenvalue weighted by atomic mass is 9.94. The molecule has 0 aromatic rings. The second-order valence-corrected chi connectivity index (χ2v) is 3.59. The van der Waals surface area contributed by atoms with Gasteiger partial charge in [0.2, 0.25) is 0 Å². The van der Waals surface area contributed by atoms with Crippen molar-refractivity contribution in [1.29, 1.82) is 0 Å². The molecule has 0 aromatic heterocycles. The van der Waals surface area contributed by atoms with Crippen LogP contribution in [0.15, 0.2) is 0 Å². The van der Waals surface area contributed by atoms with Gasteiger partial charge in [0.05, 0.1) is 0 Å². The van der Waals surface area contributed by atoms with Crippen LogP contribution in [-0.4, -0.2) is 37.5 Å². The van der Waals surface area contributed by atoms with Gasteiger partial charge in [0.25, 0.3) is 0 Å². The van der Waals surface area contributed by atoms with Gasteiger partial charge < -0.3 is 16.4 Å². The second kappa shape index (κ2) is 3.98. The molecule has 1 rings (SSSR count). The van der Waals surface area contributed by atoms with E-state index in [4.69, 9.17) is 5.73 Å². The van der Waals surface area contributed by atoms with Crippen LogP contribution in [0.1, 0.15) is 13.3 Å². The van der Waals surface area contributed by atoms with E-state index in [0.717, 1.165) is 26.2 Å². The van der Waals surface area contributed by atoms with Crippen molar-refractivity contribution in [3.05, 3.63) is 0 Å². The number of carbonyl (C=O) groups excluding carboxylic acids is 1. The molecular weight excluding hydrogens is 154 g/mol. The molecule has 1 heterocycles. The number of nitrogens with one attached hydrogen (secondary N) is 2. The predicted molar refractivity (Wildman–Crippen MR) is 48.0 cm³/mol. The zero-order chi connectivity index (χ0) is 9.03. The summed E-state index contributed by atoms with van der Waals surface area (Å²) in [6.45, 7) is 4.88. The molecule has 0 amide bonds. The normalized spacial score (nSPS) is 23.2. The third-order valence-electron chi connectivity index (χ3n) is 2.03. The summed E-state index contributed by atoms with van der Waals surface area (Å²) in [7, 11) is 0. The summed E-state index contributed by atoms with van der Waals surface area (Å²) in [4.78, 5) is 10.9. The smallest absolute Gasteiger partial charge is 0.131 e. The Balaban J connectivity index is 2.48. The third kappa shape index (κ3) is 2.89. The van der Waals surface area contributed by atoms with E-state index < -0.39 is 0 Å². The lowest BCUT2D eigenvalue weighted by molar-refractivity contribution is -0.118. The average molecular weight is 171 g/mol. The van der Waals surface area contributed by atoms with Crippen molar-refractivity contribution in [2.24, 2.45) is 5.73 Å². The standard InChI is InChI=1S/C8H17N3O/c1-7(12)4-8(9)5-10-2-3-11-6-8/h10-11H,2-6,9H2,1H3.